The summed E-state index contributed by atoms with van der Waals surface area (Å²) in [7, 11) is 1.48. The lowest BCUT2D eigenvalue weighted by Crippen LogP contribution is -2.15. The van der Waals surface area contributed by atoms with Crippen LogP contribution < -0.4 is 15.8 Å². The molecule has 0 saturated carbocycles. The number of nitrogens with two attached hydrogens (primary N) is 1. The molecule has 0 radical (unpaired) electrons. The van der Waals surface area contributed by atoms with E-state index in [1.165, 1.54) is 19.2 Å². The smallest absolute Gasteiger partial charge is 0.255 e. The zero-order chi connectivity index (χ0) is 15.4. The Morgan fingerprint density at radius 1 is 1.14 bits per heavy atom. The second-order valence-electron chi connectivity index (χ2n) is 4.24. The molecule has 3 N–H and O–H groups in total. The quantitative estimate of drug-likeness (QED) is 0.891. The Morgan fingerprint density at radius 3 is 2.52 bits per heavy atom. The first-order valence-corrected chi connectivity index (χ1v) is 6.85. The van der Waals surface area contributed by atoms with Gasteiger partial charge in [-0.3, -0.25) is 9.59 Å². The molecule has 2 rings (SSSR count). The molecule has 0 aliphatic heterocycles. The third-order valence-corrected chi connectivity index (χ3v) is 3.31. The van der Waals surface area contributed by atoms with Gasteiger partial charge in [-0.1, -0.05) is 22.0 Å². The lowest BCUT2D eigenvalue weighted by Gasteiger charge is -2.11. The number of halogens is 1. The zero-order valence-corrected chi connectivity index (χ0v) is 12.8. The Kier molecular flexibility index (Phi) is 4.59. The summed E-state index contributed by atoms with van der Waals surface area (Å²) in [5.74, 6) is -0.435. The van der Waals surface area contributed by atoms with Crippen LogP contribution in [0.4, 0.5) is 5.69 Å². The van der Waals surface area contributed by atoms with Crippen molar-refractivity contribution in [3.63, 3.8) is 0 Å². The van der Waals surface area contributed by atoms with E-state index in [-0.39, 0.29) is 5.91 Å². The Hall–Kier alpha value is -2.34. The van der Waals surface area contributed by atoms with Crippen molar-refractivity contribution in [3.05, 3.63) is 58.1 Å². The van der Waals surface area contributed by atoms with Crippen LogP contribution in [-0.4, -0.2) is 18.9 Å². The standard InChI is InChI=1S/C15H13BrN2O3/c1-21-13-6-5-9(14(17)19)8-12(13)18-15(20)10-3-2-4-11(16)7-10/h2-8H,1H3,(H2,17,19)(H,18,20). The van der Waals surface area contributed by atoms with Gasteiger partial charge < -0.3 is 15.8 Å². The van der Waals surface area contributed by atoms with Crippen LogP contribution in [0.3, 0.4) is 0 Å². The number of benzene rings is 2. The second-order valence-corrected chi connectivity index (χ2v) is 5.16. The molecule has 0 unspecified atom stereocenters. The predicted octanol–water partition coefficient (Wildman–Crippen LogP) is 2.81. The third kappa shape index (κ3) is 3.61. The molecule has 5 nitrogen and oxygen atoms in total. The van der Waals surface area contributed by atoms with Crippen LogP contribution in [0.25, 0.3) is 0 Å². The molecule has 0 saturated heterocycles. The van der Waals surface area contributed by atoms with E-state index in [1.807, 2.05) is 6.07 Å². The summed E-state index contributed by atoms with van der Waals surface area (Å²) in [5, 5.41) is 2.71. The van der Waals surface area contributed by atoms with Gasteiger partial charge in [0.25, 0.3) is 5.91 Å². The minimum absolute atomic E-state index is 0.292. The first kappa shape index (κ1) is 15.1. The number of anilines is 1. The van der Waals surface area contributed by atoms with E-state index in [0.717, 1.165) is 4.47 Å². The number of amides is 2. The van der Waals surface area contributed by atoms with Crippen molar-refractivity contribution in [2.24, 2.45) is 5.73 Å². The highest BCUT2D eigenvalue weighted by Gasteiger charge is 2.12. The van der Waals surface area contributed by atoms with Crippen molar-refractivity contribution in [1.29, 1.82) is 0 Å². The molecule has 2 aromatic rings. The van der Waals surface area contributed by atoms with Gasteiger partial charge in [-0.25, -0.2) is 0 Å². The average molecular weight is 349 g/mol. The topological polar surface area (TPSA) is 81.4 Å². The molecule has 0 heterocycles. The number of primary amides is 1. The lowest BCUT2D eigenvalue weighted by molar-refractivity contribution is 0.0996. The summed E-state index contributed by atoms with van der Waals surface area (Å²) in [4.78, 5) is 23.4. The molecule has 0 bridgehead atoms. The molecule has 0 atom stereocenters. The number of methoxy groups -OCH3 is 1. The molecule has 108 valence electrons. The zero-order valence-electron chi connectivity index (χ0n) is 11.2. The Morgan fingerprint density at radius 2 is 1.90 bits per heavy atom. The van der Waals surface area contributed by atoms with Gasteiger partial charge in [0.05, 0.1) is 12.8 Å². The van der Waals surface area contributed by atoms with E-state index >= 15 is 0 Å². The summed E-state index contributed by atoms with van der Waals surface area (Å²) in [5.41, 5.74) is 6.40. The Bertz CT molecular complexity index is 701. The molecule has 2 aromatic carbocycles. The number of hydrogen-bond donors (Lipinski definition) is 2. The van der Waals surface area contributed by atoms with E-state index in [1.54, 1.807) is 24.3 Å². The fourth-order valence-electron chi connectivity index (χ4n) is 1.78. The molecule has 21 heavy (non-hydrogen) atoms. The SMILES string of the molecule is COc1ccc(C(N)=O)cc1NC(=O)c1cccc(Br)c1. The van der Waals surface area contributed by atoms with Crippen LogP contribution in [0.2, 0.25) is 0 Å². The van der Waals surface area contributed by atoms with Gasteiger partial charge in [-0.2, -0.15) is 0 Å². The number of rotatable bonds is 4. The first-order valence-electron chi connectivity index (χ1n) is 6.06. The molecule has 0 aliphatic rings. The predicted molar refractivity (Wildman–Crippen MR) is 83.6 cm³/mol. The van der Waals surface area contributed by atoms with Crippen LogP contribution in [0.15, 0.2) is 46.9 Å². The minimum Gasteiger partial charge on any atom is -0.495 e. The van der Waals surface area contributed by atoms with Crippen molar-refractivity contribution in [1.82, 2.24) is 0 Å². The fraction of sp³-hybridized carbons (Fsp3) is 0.0667. The van der Waals surface area contributed by atoms with Crippen molar-refractivity contribution in [2.45, 2.75) is 0 Å². The number of carbonyl (C=O) groups excluding carboxylic acids is 2. The van der Waals surface area contributed by atoms with Gasteiger partial charge in [0.15, 0.2) is 0 Å². The van der Waals surface area contributed by atoms with Crippen molar-refractivity contribution < 1.29 is 14.3 Å². The largest absolute Gasteiger partial charge is 0.495 e. The summed E-state index contributed by atoms with van der Waals surface area (Å²) >= 11 is 3.31. The summed E-state index contributed by atoms with van der Waals surface area (Å²) in [6.45, 7) is 0. The van der Waals surface area contributed by atoms with Gasteiger partial charge in [-0.05, 0) is 36.4 Å². The number of ether oxygens (including phenoxy) is 1. The first-order chi connectivity index (χ1) is 10.0. The molecule has 0 aromatic heterocycles. The molecular weight excluding hydrogens is 336 g/mol. The fourth-order valence-corrected chi connectivity index (χ4v) is 2.18. The van der Waals surface area contributed by atoms with Crippen LogP contribution in [0, 0.1) is 0 Å². The van der Waals surface area contributed by atoms with E-state index in [0.29, 0.717) is 22.6 Å². The van der Waals surface area contributed by atoms with Crippen molar-refractivity contribution in [2.75, 3.05) is 12.4 Å². The second kappa shape index (κ2) is 6.41. The monoisotopic (exact) mass is 348 g/mol. The van der Waals surface area contributed by atoms with E-state index in [4.69, 9.17) is 10.5 Å². The number of nitrogens with one attached hydrogen (secondary N) is 1. The summed E-state index contributed by atoms with van der Waals surface area (Å²) in [6.07, 6.45) is 0. The van der Waals surface area contributed by atoms with Gasteiger partial charge in [-0.15, -0.1) is 0 Å². The summed E-state index contributed by atoms with van der Waals surface area (Å²) < 4.78 is 5.96. The Balaban J connectivity index is 2.31. The molecule has 6 heteroatoms. The molecule has 0 fully saturated rings. The maximum Gasteiger partial charge on any atom is 0.255 e. The van der Waals surface area contributed by atoms with Gasteiger partial charge in [0.2, 0.25) is 5.91 Å². The molecule has 0 spiro atoms. The van der Waals surface area contributed by atoms with E-state index < -0.39 is 5.91 Å². The molecule has 2 amide bonds. The van der Waals surface area contributed by atoms with Gasteiger partial charge in [0.1, 0.15) is 5.75 Å². The minimum atomic E-state index is -0.574. The van der Waals surface area contributed by atoms with Crippen LogP contribution in [0.5, 0.6) is 5.75 Å². The maximum absolute atomic E-state index is 12.2. The van der Waals surface area contributed by atoms with Gasteiger partial charge in [0, 0.05) is 15.6 Å². The van der Waals surface area contributed by atoms with Crippen molar-refractivity contribution >= 4 is 33.4 Å². The lowest BCUT2D eigenvalue weighted by atomic mass is 10.1. The van der Waals surface area contributed by atoms with E-state index in [9.17, 15) is 9.59 Å². The number of hydrogen-bond acceptors (Lipinski definition) is 3. The highest BCUT2D eigenvalue weighted by atomic mass is 79.9. The van der Waals surface area contributed by atoms with Crippen LogP contribution >= 0.6 is 15.9 Å². The van der Waals surface area contributed by atoms with Gasteiger partial charge >= 0.3 is 0 Å². The highest BCUT2D eigenvalue weighted by molar-refractivity contribution is 9.10. The third-order valence-electron chi connectivity index (χ3n) is 2.82. The average Bonchev–Trinajstić information content (AvgIpc) is 2.47. The molecular formula is C15H13BrN2O3. The molecule has 0 aliphatic carbocycles. The van der Waals surface area contributed by atoms with Crippen molar-refractivity contribution in [3.8, 4) is 5.75 Å². The summed E-state index contributed by atoms with van der Waals surface area (Å²) in [6, 6.07) is 11.6. The number of carbonyl (C=O) groups is 2. The normalized spacial score (nSPS) is 10.0. The van der Waals surface area contributed by atoms with E-state index in [2.05, 4.69) is 21.2 Å². The van der Waals surface area contributed by atoms with Crippen LogP contribution in [0.1, 0.15) is 20.7 Å². The Labute approximate surface area is 130 Å². The highest BCUT2D eigenvalue weighted by Crippen LogP contribution is 2.26. The van der Waals surface area contributed by atoms with Crippen LogP contribution in [-0.2, 0) is 0 Å². The maximum atomic E-state index is 12.2.